The number of carbonyl (C=O) groups excluding carboxylic acids is 1. The van der Waals surface area contributed by atoms with Crippen molar-refractivity contribution in [1.82, 2.24) is 5.32 Å². The average Bonchev–Trinajstić information content (AvgIpc) is 2.37. The highest BCUT2D eigenvalue weighted by Crippen LogP contribution is 2.24. The Kier molecular flexibility index (Phi) is 4.59. The third-order valence-corrected chi connectivity index (χ3v) is 3.26. The zero-order valence-electron chi connectivity index (χ0n) is 11.6. The first-order valence-corrected chi connectivity index (χ1v) is 6.25. The van der Waals surface area contributed by atoms with Crippen molar-refractivity contribution in [2.45, 2.75) is 27.2 Å². The molecule has 0 spiro atoms. The van der Waals surface area contributed by atoms with Crippen LogP contribution < -0.4 is 16.4 Å². The van der Waals surface area contributed by atoms with Crippen LogP contribution in [0.3, 0.4) is 0 Å². The molecule has 0 saturated carbocycles. The lowest BCUT2D eigenvalue weighted by molar-refractivity contribution is 0.0963. The number of amides is 1. The van der Waals surface area contributed by atoms with Gasteiger partial charge in [0.25, 0.3) is 5.91 Å². The predicted molar refractivity (Wildman–Crippen MR) is 76.8 cm³/mol. The molecule has 0 heterocycles. The summed E-state index contributed by atoms with van der Waals surface area (Å²) in [5, 5.41) is 5.92. The van der Waals surface area contributed by atoms with Crippen molar-refractivity contribution >= 4 is 17.3 Å². The van der Waals surface area contributed by atoms with Crippen LogP contribution in [0.2, 0.25) is 0 Å². The van der Waals surface area contributed by atoms with Gasteiger partial charge in [-0.3, -0.25) is 4.79 Å². The highest BCUT2D eigenvalue weighted by molar-refractivity contribution is 5.96. The zero-order valence-corrected chi connectivity index (χ0v) is 11.6. The summed E-state index contributed by atoms with van der Waals surface area (Å²) in [6.07, 6.45) is 1.08. The number of nitrogen functional groups attached to an aromatic ring is 1. The van der Waals surface area contributed by atoms with E-state index in [1.807, 2.05) is 0 Å². The largest absolute Gasteiger partial charge is 0.397 e. The second-order valence-corrected chi connectivity index (χ2v) is 5.25. The number of nitrogens with two attached hydrogens (primary N) is 1. The Balaban J connectivity index is 2.85. The lowest BCUT2D eigenvalue weighted by atomic mass is 9.90. The predicted octanol–water partition coefficient (Wildman–Crippen LogP) is 2.48. The van der Waals surface area contributed by atoms with Gasteiger partial charge in [0, 0.05) is 19.2 Å². The Morgan fingerprint density at radius 1 is 1.39 bits per heavy atom. The van der Waals surface area contributed by atoms with E-state index >= 15 is 0 Å². The Labute approximate surface area is 109 Å². The molecule has 0 aromatic heterocycles. The molecule has 0 unspecified atom stereocenters. The standard InChI is InChI=1S/C14H23N3O/c1-5-14(2,3)9-17-12-8-10(13(18)16-4)6-7-11(12)15/h6-8,17H,5,9,15H2,1-4H3,(H,16,18). The molecule has 4 heteroatoms. The van der Waals surface area contributed by atoms with E-state index in [0.29, 0.717) is 11.3 Å². The van der Waals surface area contributed by atoms with Crippen LogP contribution in [0.1, 0.15) is 37.6 Å². The van der Waals surface area contributed by atoms with Gasteiger partial charge in [0.2, 0.25) is 0 Å². The van der Waals surface area contributed by atoms with Crippen molar-refractivity contribution in [2.24, 2.45) is 5.41 Å². The van der Waals surface area contributed by atoms with Crippen molar-refractivity contribution in [2.75, 3.05) is 24.6 Å². The fraction of sp³-hybridized carbons (Fsp3) is 0.500. The van der Waals surface area contributed by atoms with Gasteiger partial charge in [-0.05, 0) is 30.0 Å². The monoisotopic (exact) mass is 249 g/mol. The molecule has 0 aliphatic carbocycles. The van der Waals surface area contributed by atoms with Crippen LogP contribution in [0.5, 0.6) is 0 Å². The lowest BCUT2D eigenvalue weighted by Crippen LogP contribution is -2.23. The van der Waals surface area contributed by atoms with Crippen LogP contribution in [0.25, 0.3) is 0 Å². The number of carbonyl (C=O) groups is 1. The normalized spacial score (nSPS) is 11.1. The van der Waals surface area contributed by atoms with Gasteiger partial charge in [-0.25, -0.2) is 0 Å². The van der Waals surface area contributed by atoms with Crippen LogP contribution in [0.4, 0.5) is 11.4 Å². The van der Waals surface area contributed by atoms with Gasteiger partial charge < -0.3 is 16.4 Å². The number of rotatable bonds is 5. The molecule has 0 fully saturated rings. The molecule has 18 heavy (non-hydrogen) atoms. The number of nitrogens with one attached hydrogen (secondary N) is 2. The zero-order chi connectivity index (χ0) is 13.8. The summed E-state index contributed by atoms with van der Waals surface area (Å²) in [7, 11) is 1.62. The summed E-state index contributed by atoms with van der Waals surface area (Å²) in [5.41, 5.74) is 8.20. The van der Waals surface area contributed by atoms with Gasteiger partial charge in [-0.15, -0.1) is 0 Å². The van der Waals surface area contributed by atoms with E-state index < -0.39 is 0 Å². The molecule has 4 nitrogen and oxygen atoms in total. The quantitative estimate of drug-likeness (QED) is 0.702. The summed E-state index contributed by atoms with van der Waals surface area (Å²) in [5.74, 6) is -0.104. The van der Waals surface area contributed by atoms with Crippen LogP contribution in [-0.4, -0.2) is 19.5 Å². The third kappa shape index (κ3) is 3.65. The fourth-order valence-electron chi connectivity index (χ4n) is 1.45. The fourth-order valence-corrected chi connectivity index (χ4v) is 1.45. The van der Waals surface area contributed by atoms with E-state index in [2.05, 4.69) is 31.4 Å². The summed E-state index contributed by atoms with van der Waals surface area (Å²) < 4.78 is 0. The first-order valence-electron chi connectivity index (χ1n) is 6.25. The smallest absolute Gasteiger partial charge is 0.251 e. The number of hydrogen-bond acceptors (Lipinski definition) is 3. The molecule has 100 valence electrons. The van der Waals surface area contributed by atoms with Gasteiger partial charge in [0.1, 0.15) is 0 Å². The molecule has 0 bridgehead atoms. The molecular formula is C14H23N3O. The van der Waals surface area contributed by atoms with Gasteiger partial charge in [-0.1, -0.05) is 20.8 Å². The van der Waals surface area contributed by atoms with Crippen LogP contribution in [0.15, 0.2) is 18.2 Å². The van der Waals surface area contributed by atoms with E-state index in [1.165, 1.54) is 0 Å². The molecule has 0 aliphatic heterocycles. The topological polar surface area (TPSA) is 67.2 Å². The maximum absolute atomic E-state index is 11.6. The summed E-state index contributed by atoms with van der Waals surface area (Å²) >= 11 is 0. The van der Waals surface area contributed by atoms with Crippen molar-refractivity contribution in [3.63, 3.8) is 0 Å². The maximum atomic E-state index is 11.6. The highest BCUT2D eigenvalue weighted by atomic mass is 16.1. The van der Waals surface area contributed by atoms with Crippen LogP contribution in [-0.2, 0) is 0 Å². The van der Waals surface area contributed by atoms with Crippen LogP contribution >= 0.6 is 0 Å². The number of benzene rings is 1. The first-order chi connectivity index (χ1) is 8.39. The molecule has 4 N–H and O–H groups in total. The molecule has 0 saturated heterocycles. The highest BCUT2D eigenvalue weighted by Gasteiger charge is 2.15. The molecular weight excluding hydrogens is 226 g/mol. The lowest BCUT2D eigenvalue weighted by Gasteiger charge is -2.24. The van der Waals surface area contributed by atoms with Crippen molar-refractivity contribution in [3.8, 4) is 0 Å². The minimum absolute atomic E-state index is 0.104. The summed E-state index contributed by atoms with van der Waals surface area (Å²) in [6.45, 7) is 7.37. The SMILES string of the molecule is CCC(C)(C)CNc1cc(C(=O)NC)ccc1N. The number of anilines is 2. The Hall–Kier alpha value is -1.71. The van der Waals surface area contributed by atoms with E-state index in [4.69, 9.17) is 5.73 Å². The minimum atomic E-state index is -0.104. The van der Waals surface area contributed by atoms with Crippen LogP contribution in [0, 0.1) is 5.41 Å². The Bertz CT molecular complexity index is 427. The second kappa shape index (κ2) is 5.76. The Morgan fingerprint density at radius 3 is 2.61 bits per heavy atom. The molecule has 1 aromatic rings. The average molecular weight is 249 g/mol. The van der Waals surface area contributed by atoms with Gasteiger partial charge in [0.05, 0.1) is 11.4 Å². The molecule has 1 amide bonds. The molecule has 0 radical (unpaired) electrons. The molecule has 0 aliphatic rings. The van der Waals surface area contributed by atoms with Gasteiger partial charge >= 0.3 is 0 Å². The van der Waals surface area contributed by atoms with Gasteiger partial charge in [-0.2, -0.15) is 0 Å². The molecule has 0 atom stereocenters. The van der Waals surface area contributed by atoms with Crippen molar-refractivity contribution in [1.29, 1.82) is 0 Å². The third-order valence-electron chi connectivity index (χ3n) is 3.26. The summed E-state index contributed by atoms with van der Waals surface area (Å²) in [6, 6.07) is 5.27. The van der Waals surface area contributed by atoms with Gasteiger partial charge in [0.15, 0.2) is 0 Å². The Morgan fingerprint density at radius 2 is 2.06 bits per heavy atom. The van der Waals surface area contributed by atoms with E-state index in [-0.39, 0.29) is 11.3 Å². The molecule has 1 rings (SSSR count). The first kappa shape index (κ1) is 14.4. The maximum Gasteiger partial charge on any atom is 0.251 e. The second-order valence-electron chi connectivity index (χ2n) is 5.25. The number of hydrogen-bond donors (Lipinski definition) is 3. The van der Waals surface area contributed by atoms with E-state index in [9.17, 15) is 4.79 Å². The van der Waals surface area contributed by atoms with Crippen molar-refractivity contribution < 1.29 is 4.79 Å². The minimum Gasteiger partial charge on any atom is -0.397 e. The van der Waals surface area contributed by atoms with E-state index in [0.717, 1.165) is 18.7 Å². The summed E-state index contributed by atoms with van der Waals surface area (Å²) in [4.78, 5) is 11.6. The molecule has 1 aromatic carbocycles. The van der Waals surface area contributed by atoms with E-state index in [1.54, 1.807) is 25.2 Å². The van der Waals surface area contributed by atoms with Crippen molar-refractivity contribution in [3.05, 3.63) is 23.8 Å².